The number of piperidine rings is 1. The average molecular weight is 654 g/mol. The summed E-state index contributed by atoms with van der Waals surface area (Å²) in [5.41, 5.74) is 0.659. The molecule has 13 heteroatoms. The van der Waals surface area contributed by atoms with E-state index in [1.165, 1.54) is 7.11 Å². The fourth-order valence-corrected chi connectivity index (χ4v) is 8.17. The van der Waals surface area contributed by atoms with Gasteiger partial charge in [0.05, 0.1) is 50.2 Å². The third kappa shape index (κ3) is 5.32. The van der Waals surface area contributed by atoms with E-state index in [0.29, 0.717) is 53.1 Å². The van der Waals surface area contributed by atoms with Crippen LogP contribution in [-0.4, -0.2) is 99.9 Å². The maximum Gasteiger partial charge on any atom is 0.319 e. The summed E-state index contributed by atoms with van der Waals surface area (Å²) >= 11 is 6.83. The lowest BCUT2D eigenvalue weighted by Crippen LogP contribution is -2.51. The molecule has 7 rings (SSSR count). The zero-order valence-electron chi connectivity index (χ0n) is 26.8. The highest BCUT2D eigenvalue weighted by Crippen LogP contribution is 2.48. The molecule has 4 aromatic rings. The van der Waals surface area contributed by atoms with Gasteiger partial charge in [-0.15, -0.1) is 0 Å². The van der Waals surface area contributed by atoms with Crippen molar-refractivity contribution in [3.63, 3.8) is 0 Å². The van der Waals surface area contributed by atoms with Gasteiger partial charge in [0, 0.05) is 29.0 Å². The standard InChI is InChI=1S/C33H41ClFN7O4/c1-5-41-11-7-10-33(9-6-8-22(33)41)18-46-31-38-28-24(29(39-31)42-12-13-45-17-32(3,43)16-42)30(44-4)37-27(26(28)35)23-20-15-36-40-21(20)14-19(2)25(23)34/h14-15,22,43H,5-13,16-18H2,1-4H3,(H,36,40)/t22-,32+,33-/m1/s1. The van der Waals surface area contributed by atoms with Gasteiger partial charge < -0.3 is 24.2 Å². The number of aliphatic hydroxyl groups is 1. The molecule has 3 fully saturated rings. The zero-order valence-corrected chi connectivity index (χ0v) is 27.6. The van der Waals surface area contributed by atoms with Crippen molar-refractivity contribution in [2.45, 2.75) is 64.5 Å². The second-order valence-electron chi connectivity index (χ2n) is 13.3. The molecule has 2 saturated heterocycles. The van der Waals surface area contributed by atoms with E-state index in [1.54, 1.807) is 13.1 Å². The van der Waals surface area contributed by atoms with Crippen molar-refractivity contribution in [3.05, 3.63) is 28.7 Å². The first-order valence-electron chi connectivity index (χ1n) is 16.1. The molecule has 3 aliphatic rings. The van der Waals surface area contributed by atoms with Crippen molar-refractivity contribution in [2.24, 2.45) is 5.41 Å². The summed E-state index contributed by atoms with van der Waals surface area (Å²) in [6.07, 6.45) is 7.16. The molecule has 246 valence electrons. The Kier molecular flexibility index (Phi) is 8.19. The number of hydrogen-bond acceptors (Lipinski definition) is 10. The van der Waals surface area contributed by atoms with Crippen LogP contribution in [-0.2, 0) is 4.74 Å². The number of rotatable bonds is 7. The number of benzene rings is 1. The summed E-state index contributed by atoms with van der Waals surface area (Å²) in [6.45, 7) is 9.43. The van der Waals surface area contributed by atoms with E-state index in [0.717, 1.165) is 50.8 Å². The first-order chi connectivity index (χ1) is 22.1. The highest BCUT2D eigenvalue weighted by Gasteiger charge is 2.48. The molecule has 0 unspecified atom stereocenters. The van der Waals surface area contributed by atoms with Gasteiger partial charge in [0.15, 0.2) is 5.82 Å². The van der Waals surface area contributed by atoms with Crippen LogP contribution >= 0.6 is 11.6 Å². The van der Waals surface area contributed by atoms with Crippen molar-refractivity contribution in [1.82, 2.24) is 30.0 Å². The number of pyridine rings is 1. The van der Waals surface area contributed by atoms with Crippen LogP contribution in [0.15, 0.2) is 12.3 Å². The van der Waals surface area contributed by atoms with Crippen molar-refractivity contribution >= 4 is 39.2 Å². The second kappa shape index (κ2) is 12.0. The lowest BCUT2D eigenvalue weighted by molar-refractivity contribution is -0.0123. The minimum absolute atomic E-state index is 0.000164. The van der Waals surface area contributed by atoms with Crippen LogP contribution in [0.5, 0.6) is 11.9 Å². The highest BCUT2D eigenvalue weighted by atomic mass is 35.5. The molecule has 2 aliphatic heterocycles. The predicted octanol–water partition coefficient (Wildman–Crippen LogP) is 5.30. The number of halogens is 2. The quantitative estimate of drug-likeness (QED) is 0.272. The number of β-amino-alcohol motifs (C(OH)–C–C–N with tert-alkyl or cyclic N) is 1. The van der Waals surface area contributed by atoms with Crippen LogP contribution in [0.1, 0.15) is 51.5 Å². The van der Waals surface area contributed by atoms with Gasteiger partial charge in [-0.05, 0) is 64.3 Å². The van der Waals surface area contributed by atoms with E-state index < -0.39 is 11.4 Å². The fraction of sp³-hybridized carbons (Fsp3) is 0.576. The summed E-state index contributed by atoms with van der Waals surface area (Å²) in [4.78, 5) is 18.7. The second-order valence-corrected chi connectivity index (χ2v) is 13.7. The number of likely N-dealkylation sites (tertiary alicyclic amines) is 1. The summed E-state index contributed by atoms with van der Waals surface area (Å²) in [5.74, 6) is -0.181. The van der Waals surface area contributed by atoms with Crippen LogP contribution < -0.4 is 14.4 Å². The smallest absolute Gasteiger partial charge is 0.319 e. The Morgan fingerprint density at radius 2 is 2.04 bits per heavy atom. The predicted molar refractivity (Wildman–Crippen MR) is 174 cm³/mol. The minimum Gasteiger partial charge on any atom is -0.480 e. The van der Waals surface area contributed by atoms with E-state index in [1.807, 2.05) is 17.9 Å². The molecule has 5 heterocycles. The molecule has 2 N–H and O–H groups in total. The lowest BCUT2D eigenvalue weighted by atomic mass is 9.75. The maximum atomic E-state index is 17.0. The third-order valence-corrected chi connectivity index (χ3v) is 10.6. The van der Waals surface area contributed by atoms with Crippen molar-refractivity contribution in [3.8, 4) is 23.1 Å². The van der Waals surface area contributed by atoms with Crippen LogP contribution in [0.4, 0.5) is 10.2 Å². The molecule has 3 aromatic heterocycles. The molecule has 46 heavy (non-hydrogen) atoms. The number of anilines is 1. The molecule has 1 aliphatic carbocycles. The van der Waals surface area contributed by atoms with E-state index in [-0.39, 0.29) is 47.1 Å². The normalized spacial score (nSPS) is 25.6. The van der Waals surface area contributed by atoms with Gasteiger partial charge in [-0.3, -0.25) is 10.00 Å². The average Bonchev–Trinajstić information content (AvgIpc) is 3.65. The Morgan fingerprint density at radius 3 is 2.85 bits per heavy atom. The number of nitrogens with one attached hydrogen (secondary N) is 1. The maximum absolute atomic E-state index is 17.0. The molecule has 1 saturated carbocycles. The molecule has 1 aromatic carbocycles. The molecule has 3 atom stereocenters. The van der Waals surface area contributed by atoms with Gasteiger partial charge >= 0.3 is 6.01 Å². The van der Waals surface area contributed by atoms with Crippen molar-refractivity contribution in [1.29, 1.82) is 0 Å². The molecule has 0 amide bonds. The number of hydrogen-bond donors (Lipinski definition) is 2. The fourth-order valence-electron chi connectivity index (χ4n) is 7.92. The monoisotopic (exact) mass is 653 g/mol. The van der Waals surface area contributed by atoms with E-state index in [4.69, 9.17) is 35.8 Å². The number of ether oxygens (including phenoxy) is 3. The van der Waals surface area contributed by atoms with Crippen LogP contribution in [0, 0.1) is 18.2 Å². The number of methoxy groups -OCH3 is 1. The van der Waals surface area contributed by atoms with Crippen LogP contribution in [0.3, 0.4) is 0 Å². The summed E-state index contributed by atoms with van der Waals surface area (Å²) in [6, 6.07) is 2.38. The molecular formula is C33H41ClFN7O4. The first-order valence-corrected chi connectivity index (χ1v) is 16.5. The largest absolute Gasteiger partial charge is 0.480 e. The number of nitrogens with zero attached hydrogens (tertiary/aromatic N) is 6. The van der Waals surface area contributed by atoms with E-state index in [9.17, 15) is 5.11 Å². The number of fused-ring (bicyclic) bond motifs is 3. The Labute approximate surface area is 272 Å². The Balaban J connectivity index is 1.40. The Hall–Kier alpha value is -3.32. The number of aromatic amines is 1. The van der Waals surface area contributed by atoms with Gasteiger partial charge in [0.25, 0.3) is 0 Å². The molecule has 0 radical (unpaired) electrons. The number of aryl methyl sites for hydroxylation is 1. The van der Waals surface area contributed by atoms with Gasteiger partial charge in [-0.1, -0.05) is 24.9 Å². The van der Waals surface area contributed by atoms with Gasteiger partial charge in [0.2, 0.25) is 5.88 Å². The Morgan fingerprint density at radius 1 is 1.22 bits per heavy atom. The third-order valence-electron chi connectivity index (χ3n) is 10.1. The van der Waals surface area contributed by atoms with Crippen LogP contribution in [0.2, 0.25) is 5.02 Å². The zero-order chi connectivity index (χ0) is 32.2. The molecule has 11 nitrogen and oxygen atoms in total. The van der Waals surface area contributed by atoms with Crippen molar-refractivity contribution in [2.75, 3.05) is 58.0 Å². The SMILES string of the molecule is CCN1CCC[C@@]2(COc3nc(N4CCOC[C@@](C)(O)C4)c4c(OC)nc(-c5c(Cl)c(C)cc6[nH]ncc56)c(F)c4n3)CCC[C@@H]12. The molecular weight excluding hydrogens is 613 g/mol. The van der Waals surface area contributed by atoms with Crippen molar-refractivity contribution < 1.29 is 23.7 Å². The van der Waals surface area contributed by atoms with Gasteiger partial charge in [0.1, 0.15) is 28.0 Å². The lowest BCUT2D eigenvalue weighted by Gasteiger charge is -2.45. The Bertz CT molecular complexity index is 1780. The summed E-state index contributed by atoms with van der Waals surface area (Å²) in [5, 5.41) is 19.5. The molecule has 0 spiro atoms. The van der Waals surface area contributed by atoms with E-state index >= 15 is 4.39 Å². The van der Waals surface area contributed by atoms with E-state index in [2.05, 4.69) is 27.0 Å². The number of aromatic nitrogens is 5. The van der Waals surface area contributed by atoms with Gasteiger partial charge in [-0.2, -0.15) is 15.1 Å². The summed E-state index contributed by atoms with van der Waals surface area (Å²) in [7, 11) is 1.48. The van der Waals surface area contributed by atoms with Gasteiger partial charge in [-0.25, -0.2) is 9.37 Å². The molecule has 0 bridgehead atoms. The summed E-state index contributed by atoms with van der Waals surface area (Å²) < 4.78 is 35.0. The number of H-pyrrole nitrogens is 1. The topological polar surface area (TPSA) is 122 Å². The highest BCUT2D eigenvalue weighted by molar-refractivity contribution is 6.35. The van der Waals surface area contributed by atoms with Crippen LogP contribution in [0.25, 0.3) is 33.1 Å². The minimum atomic E-state index is -1.17. The first kappa shape index (κ1) is 31.3.